The van der Waals surface area contributed by atoms with E-state index in [1.807, 2.05) is 0 Å². The van der Waals surface area contributed by atoms with Crippen molar-refractivity contribution in [3.05, 3.63) is 0 Å². The van der Waals surface area contributed by atoms with Gasteiger partial charge in [-0.2, -0.15) is 5.06 Å². The van der Waals surface area contributed by atoms with Crippen molar-refractivity contribution in [2.24, 2.45) is 11.7 Å². The number of nitrogens with one attached hydrogen (secondary N) is 1. The normalized spacial score (nSPS) is 28.8. The Balaban J connectivity index is 2.39. The molecule has 0 spiro atoms. The Morgan fingerprint density at radius 2 is 2.44 bits per heavy atom. The Kier molecular flexibility index (Phi) is 1.68. The first-order chi connectivity index (χ1) is 4.20. The van der Waals surface area contributed by atoms with Crippen molar-refractivity contribution in [2.75, 3.05) is 13.1 Å². The second kappa shape index (κ2) is 2.33. The van der Waals surface area contributed by atoms with Gasteiger partial charge in [-0.1, -0.05) is 0 Å². The minimum atomic E-state index is 0.0787. The number of hydroxylamine groups is 2. The molecule has 9 heavy (non-hydrogen) atoms. The van der Waals surface area contributed by atoms with Crippen LogP contribution in [0.2, 0.25) is 0 Å². The smallest absolute Gasteiger partial charge is 0.0951 e. The monoisotopic (exact) mass is 129 g/mol. The molecule has 0 saturated carbocycles. The van der Waals surface area contributed by atoms with Gasteiger partial charge in [0.15, 0.2) is 0 Å². The van der Waals surface area contributed by atoms with Crippen molar-refractivity contribution < 1.29 is 5.21 Å². The summed E-state index contributed by atoms with van der Waals surface area (Å²) in [5, 5.41) is 17.1. The molecule has 1 aliphatic heterocycles. The Hall–Kier alpha value is -0.610. The Labute approximate surface area is 53.7 Å². The third-order valence-corrected chi connectivity index (χ3v) is 1.61. The third kappa shape index (κ3) is 1.40. The fourth-order valence-corrected chi connectivity index (χ4v) is 0.996. The highest BCUT2D eigenvalue weighted by Crippen LogP contribution is 2.12. The van der Waals surface area contributed by atoms with Gasteiger partial charge in [0.05, 0.1) is 5.84 Å². The number of hydrogen-bond acceptors (Lipinski definition) is 3. The molecule has 1 saturated heterocycles. The molecular weight excluding hydrogens is 118 g/mol. The predicted molar refractivity (Wildman–Crippen MR) is 33.4 cm³/mol. The van der Waals surface area contributed by atoms with Crippen molar-refractivity contribution in [1.82, 2.24) is 5.06 Å². The Morgan fingerprint density at radius 1 is 1.78 bits per heavy atom. The summed E-state index contributed by atoms with van der Waals surface area (Å²) in [6.45, 7) is 1.17. The van der Waals surface area contributed by atoms with Gasteiger partial charge in [-0.15, -0.1) is 0 Å². The zero-order chi connectivity index (χ0) is 6.85. The summed E-state index contributed by atoms with van der Waals surface area (Å²) in [5.41, 5.74) is 5.21. The van der Waals surface area contributed by atoms with Crippen molar-refractivity contribution >= 4 is 5.84 Å². The molecule has 1 heterocycles. The summed E-state index contributed by atoms with van der Waals surface area (Å²) in [4.78, 5) is 0. The lowest BCUT2D eigenvalue weighted by Crippen LogP contribution is -2.25. The van der Waals surface area contributed by atoms with Crippen LogP contribution >= 0.6 is 0 Å². The van der Waals surface area contributed by atoms with E-state index in [0.29, 0.717) is 13.1 Å². The molecule has 0 aromatic carbocycles. The first-order valence-corrected chi connectivity index (χ1v) is 2.98. The van der Waals surface area contributed by atoms with Gasteiger partial charge in [0.1, 0.15) is 0 Å². The van der Waals surface area contributed by atoms with E-state index in [1.165, 1.54) is 5.06 Å². The van der Waals surface area contributed by atoms with Gasteiger partial charge in [0, 0.05) is 19.0 Å². The third-order valence-electron chi connectivity index (χ3n) is 1.61. The van der Waals surface area contributed by atoms with Crippen LogP contribution in [0, 0.1) is 11.3 Å². The zero-order valence-corrected chi connectivity index (χ0v) is 5.17. The minimum absolute atomic E-state index is 0.0787. The molecule has 0 radical (unpaired) electrons. The molecule has 0 aromatic heterocycles. The van der Waals surface area contributed by atoms with Crippen LogP contribution in [0.3, 0.4) is 0 Å². The van der Waals surface area contributed by atoms with Crippen LogP contribution in [-0.2, 0) is 0 Å². The first-order valence-electron chi connectivity index (χ1n) is 2.98. The fourth-order valence-electron chi connectivity index (χ4n) is 0.996. The summed E-state index contributed by atoms with van der Waals surface area (Å²) >= 11 is 0. The summed E-state index contributed by atoms with van der Waals surface area (Å²) in [5.74, 6) is 0.265. The second-order valence-electron chi connectivity index (χ2n) is 2.35. The van der Waals surface area contributed by atoms with E-state index >= 15 is 0 Å². The Bertz CT molecular complexity index is 125. The average Bonchev–Trinajstić information content (AvgIpc) is 2.14. The van der Waals surface area contributed by atoms with E-state index in [-0.39, 0.29) is 11.8 Å². The van der Waals surface area contributed by atoms with Crippen LogP contribution in [0.1, 0.15) is 6.42 Å². The summed E-state index contributed by atoms with van der Waals surface area (Å²) in [7, 11) is 0. The van der Waals surface area contributed by atoms with Crippen LogP contribution in [0.25, 0.3) is 0 Å². The number of nitrogens with two attached hydrogens (primary N) is 1. The lowest BCUT2D eigenvalue weighted by molar-refractivity contribution is -0.0695. The molecule has 0 amide bonds. The number of rotatable bonds is 1. The van der Waals surface area contributed by atoms with Crippen molar-refractivity contribution in [3.8, 4) is 0 Å². The van der Waals surface area contributed by atoms with Gasteiger partial charge in [-0.25, -0.2) is 0 Å². The highest BCUT2D eigenvalue weighted by Gasteiger charge is 2.22. The van der Waals surface area contributed by atoms with Gasteiger partial charge in [0.2, 0.25) is 0 Å². The molecule has 4 N–H and O–H groups in total. The van der Waals surface area contributed by atoms with Crippen LogP contribution < -0.4 is 5.73 Å². The average molecular weight is 129 g/mol. The maximum atomic E-state index is 8.83. The van der Waals surface area contributed by atoms with Gasteiger partial charge in [0.25, 0.3) is 0 Å². The summed E-state index contributed by atoms with van der Waals surface area (Å²) in [6, 6.07) is 0. The molecule has 1 atom stereocenters. The highest BCUT2D eigenvalue weighted by atomic mass is 16.5. The van der Waals surface area contributed by atoms with Crippen molar-refractivity contribution in [3.63, 3.8) is 0 Å². The molecule has 1 rings (SSSR count). The van der Waals surface area contributed by atoms with Crippen molar-refractivity contribution in [1.29, 1.82) is 5.41 Å². The molecule has 4 heteroatoms. The summed E-state index contributed by atoms with van der Waals surface area (Å²) < 4.78 is 0. The predicted octanol–water partition coefficient (Wildman–Crippen LogP) is -0.367. The minimum Gasteiger partial charge on any atom is -0.387 e. The number of amidine groups is 1. The standard InChI is InChI=1S/C5H11N3O/c6-5(7)4-1-2-8(9)3-4/h4,9H,1-3H2,(H3,6,7). The quantitative estimate of drug-likeness (QED) is 0.334. The number of hydrogen-bond donors (Lipinski definition) is 3. The topological polar surface area (TPSA) is 73.3 Å². The zero-order valence-electron chi connectivity index (χ0n) is 5.17. The molecule has 1 aliphatic rings. The van der Waals surface area contributed by atoms with E-state index in [4.69, 9.17) is 16.4 Å². The molecule has 0 aliphatic carbocycles. The Morgan fingerprint density at radius 3 is 2.67 bits per heavy atom. The molecule has 1 unspecified atom stereocenters. The van der Waals surface area contributed by atoms with E-state index < -0.39 is 0 Å². The maximum Gasteiger partial charge on any atom is 0.0951 e. The van der Waals surface area contributed by atoms with Gasteiger partial charge >= 0.3 is 0 Å². The molecule has 0 bridgehead atoms. The number of nitrogens with zero attached hydrogens (tertiary/aromatic N) is 1. The van der Waals surface area contributed by atoms with Crippen LogP contribution in [-0.4, -0.2) is 29.2 Å². The van der Waals surface area contributed by atoms with E-state index in [9.17, 15) is 0 Å². The molecular formula is C5H11N3O. The van der Waals surface area contributed by atoms with Crippen LogP contribution in [0.15, 0.2) is 0 Å². The maximum absolute atomic E-state index is 8.83. The molecule has 0 aromatic rings. The van der Waals surface area contributed by atoms with Crippen LogP contribution in [0.5, 0.6) is 0 Å². The van der Waals surface area contributed by atoms with Gasteiger partial charge < -0.3 is 10.9 Å². The van der Waals surface area contributed by atoms with Crippen molar-refractivity contribution in [2.45, 2.75) is 6.42 Å². The first kappa shape index (κ1) is 6.51. The van der Waals surface area contributed by atoms with E-state index in [1.54, 1.807) is 0 Å². The van der Waals surface area contributed by atoms with E-state index in [2.05, 4.69) is 0 Å². The van der Waals surface area contributed by atoms with Gasteiger partial charge in [-0.05, 0) is 6.42 Å². The second-order valence-corrected chi connectivity index (χ2v) is 2.35. The SMILES string of the molecule is N=C(N)C1CCN(O)C1. The largest absolute Gasteiger partial charge is 0.387 e. The highest BCUT2D eigenvalue weighted by molar-refractivity contribution is 5.80. The summed E-state index contributed by atoms with van der Waals surface area (Å²) in [6.07, 6.45) is 0.811. The van der Waals surface area contributed by atoms with Gasteiger partial charge in [-0.3, -0.25) is 5.41 Å². The molecule has 52 valence electrons. The van der Waals surface area contributed by atoms with E-state index in [0.717, 1.165) is 6.42 Å². The molecule has 1 fully saturated rings. The lowest BCUT2D eigenvalue weighted by Gasteiger charge is -2.05. The van der Waals surface area contributed by atoms with Crippen LogP contribution in [0.4, 0.5) is 0 Å². The lowest BCUT2D eigenvalue weighted by atomic mass is 10.1. The fraction of sp³-hybridized carbons (Fsp3) is 0.800. The molecule has 4 nitrogen and oxygen atoms in total.